The molecule has 84 valence electrons. The van der Waals surface area contributed by atoms with Crippen molar-refractivity contribution in [2.75, 3.05) is 6.61 Å². The molecule has 0 saturated carbocycles. The molecular formula is C11H16ClNO2. The molecule has 1 aromatic rings. The van der Waals surface area contributed by atoms with Gasteiger partial charge in [0.1, 0.15) is 5.75 Å². The first kappa shape index (κ1) is 14.0. The van der Waals surface area contributed by atoms with Crippen molar-refractivity contribution in [3.63, 3.8) is 0 Å². The molecular weight excluding hydrogens is 214 g/mol. The number of hydrogen-bond acceptors (Lipinski definition) is 3. The van der Waals surface area contributed by atoms with Gasteiger partial charge >= 0.3 is 0 Å². The highest BCUT2D eigenvalue weighted by Gasteiger charge is 1.96. The van der Waals surface area contributed by atoms with Crippen LogP contribution >= 0.6 is 12.4 Å². The highest BCUT2D eigenvalue weighted by atomic mass is 35.5. The van der Waals surface area contributed by atoms with Crippen molar-refractivity contribution in [2.45, 2.75) is 12.5 Å². The lowest BCUT2D eigenvalue weighted by atomic mass is 10.1. The Balaban J connectivity index is 0.00000196. The van der Waals surface area contributed by atoms with Crippen LogP contribution in [0.1, 0.15) is 12.0 Å². The number of phenols is 1. The van der Waals surface area contributed by atoms with E-state index in [0.29, 0.717) is 6.42 Å². The van der Waals surface area contributed by atoms with Crippen LogP contribution < -0.4 is 5.73 Å². The topological polar surface area (TPSA) is 66.5 Å². The van der Waals surface area contributed by atoms with Crippen molar-refractivity contribution in [1.82, 2.24) is 0 Å². The van der Waals surface area contributed by atoms with Crippen molar-refractivity contribution in [3.8, 4) is 5.75 Å². The zero-order valence-corrected chi connectivity index (χ0v) is 9.15. The van der Waals surface area contributed by atoms with E-state index in [1.54, 1.807) is 18.2 Å². The van der Waals surface area contributed by atoms with Gasteiger partial charge in [-0.15, -0.1) is 12.4 Å². The summed E-state index contributed by atoms with van der Waals surface area (Å²) in [5.74, 6) is 0.251. The van der Waals surface area contributed by atoms with E-state index < -0.39 is 0 Å². The van der Waals surface area contributed by atoms with E-state index in [1.165, 1.54) is 0 Å². The van der Waals surface area contributed by atoms with Gasteiger partial charge in [0.25, 0.3) is 0 Å². The SMILES string of the molecule is Cl.NC(CO)C/C=C/c1ccccc1O. The summed E-state index contributed by atoms with van der Waals surface area (Å²) in [6.07, 6.45) is 4.24. The van der Waals surface area contributed by atoms with Gasteiger partial charge in [-0.2, -0.15) is 0 Å². The second kappa shape index (κ2) is 7.29. The minimum absolute atomic E-state index is 0. The second-order valence-corrected chi connectivity index (χ2v) is 3.14. The lowest BCUT2D eigenvalue weighted by molar-refractivity contribution is 0.267. The van der Waals surface area contributed by atoms with Gasteiger partial charge in [-0.25, -0.2) is 0 Å². The molecule has 15 heavy (non-hydrogen) atoms. The summed E-state index contributed by atoms with van der Waals surface area (Å²) in [5, 5.41) is 18.1. The molecule has 0 aliphatic carbocycles. The summed E-state index contributed by atoms with van der Waals surface area (Å²) >= 11 is 0. The normalized spacial score (nSPS) is 12.4. The molecule has 0 aliphatic heterocycles. The van der Waals surface area contributed by atoms with E-state index in [4.69, 9.17) is 10.8 Å². The molecule has 4 N–H and O–H groups in total. The van der Waals surface area contributed by atoms with Crippen LogP contribution in [0.3, 0.4) is 0 Å². The number of aliphatic hydroxyl groups is 1. The Morgan fingerprint density at radius 2 is 2.00 bits per heavy atom. The van der Waals surface area contributed by atoms with E-state index in [-0.39, 0.29) is 30.8 Å². The van der Waals surface area contributed by atoms with Gasteiger partial charge in [0, 0.05) is 11.6 Å². The number of phenolic OH excluding ortho intramolecular Hbond substituents is 1. The largest absolute Gasteiger partial charge is 0.507 e. The van der Waals surface area contributed by atoms with Gasteiger partial charge in [0.05, 0.1) is 6.61 Å². The van der Waals surface area contributed by atoms with Crippen molar-refractivity contribution >= 4 is 18.5 Å². The van der Waals surface area contributed by atoms with E-state index in [0.717, 1.165) is 5.56 Å². The summed E-state index contributed by atoms with van der Waals surface area (Å²) in [6, 6.07) is 6.84. The van der Waals surface area contributed by atoms with Crippen LogP contribution in [-0.4, -0.2) is 22.9 Å². The molecule has 0 fully saturated rings. The highest BCUT2D eigenvalue weighted by Crippen LogP contribution is 2.17. The first-order valence-corrected chi connectivity index (χ1v) is 4.55. The van der Waals surface area contributed by atoms with Crippen molar-refractivity contribution < 1.29 is 10.2 Å². The minimum atomic E-state index is -0.225. The summed E-state index contributed by atoms with van der Waals surface area (Å²) in [6.45, 7) is -0.0227. The fraction of sp³-hybridized carbons (Fsp3) is 0.273. The van der Waals surface area contributed by atoms with Crippen LogP contribution in [0.25, 0.3) is 6.08 Å². The Labute approximate surface area is 95.6 Å². The number of benzene rings is 1. The number of halogens is 1. The fourth-order valence-corrected chi connectivity index (χ4v) is 1.07. The minimum Gasteiger partial charge on any atom is -0.507 e. The standard InChI is InChI=1S/C11H15NO2.ClH/c12-10(8-13)6-3-5-9-4-1-2-7-11(9)14;/h1-5,7,10,13-14H,6,8,12H2;1H/b5-3+;. The van der Waals surface area contributed by atoms with Crippen LogP contribution in [0.5, 0.6) is 5.75 Å². The Bertz CT molecular complexity index is 315. The van der Waals surface area contributed by atoms with Crippen LogP contribution in [0.4, 0.5) is 0 Å². The Hall–Kier alpha value is -1.03. The molecule has 3 nitrogen and oxygen atoms in total. The zero-order valence-electron chi connectivity index (χ0n) is 8.34. The van der Waals surface area contributed by atoms with E-state index in [2.05, 4.69) is 0 Å². The lowest BCUT2D eigenvalue weighted by Gasteiger charge is -2.02. The number of nitrogens with two attached hydrogens (primary N) is 1. The first-order valence-electron chi connectivity index (χ1n) is 4.55. The van der Waals surface area contributed by atoms with Crippen LogP contribution in [0.15, 0.2) is 30.3 Å². The second-order valence-electron chi connectivity index (χ2n) is 3.14. The summed E-state index contributed by atoms with van der Waals surface area (Å²) in [7, 11) is 0. The molecule has 0 aromatic heterocycles. The third-order valence-corrected chi connectivity index (χ3v) is 1.91. The summed E-state index contributed by atoms with van der Waals surface area (Å²) in [5.41, 5.74) is 6.27. The molecule has 0 radical (unpaired) electrons. The number of aromatic hydroxyl groups is 1. The average Bonchev–Trinajstić information content (AvgIpc) is 2.20. The monoisotopic (exact) mass is 229 g/mol. The third kappa shape index (κ3) is 4.83. The van der Waals surface area contributed by atoms with E-state index in [1.807, 2.05) is 18.2 Å². The molecule has 1 unspecified atom stereocenters. The van der Waals surface area contributed by atoms with Gasteiger partial charge in [0.15, 0.2) is 0 Å². The smallest absolute Gasteiger partial charge is 0.122 e. The van der Waals surface area contributed by atoms with Gasteiger partial charge in [0.2, 0.25) is 0 Å². The fourth-order valence-electron chi connectivity index (χ4n) is 1.07. The molecule has 0 amide bonds. The molecule has 0 aliphatic rings. The molecule has 0 saturated heterocycles. The molecule has 1 rings (SSSR count). The van der Waals surface area contributed by atoms with E-state index >= 15 is 0 Å². The maximum absolute atomic E-state index is 9.40. The Morgan fingerprint density at radius 3 is 2.60 bits per heavy atom. The van der Waals surface area contributed by atoms with E-state index in [9.17, 15) is 5.11 Å². The quantitative estimate of drug-likeness (QED) is 0.734. The van der Waals surface area contributed by atoms with Crippen molar-refractivity contribution in [1.29, 1.82) is 0 Å². The van der Waals surface area contributed by atoms with Gasteiger partial charge in [-0.05, 0) is 12.5 Å². The van der Waals surface area contributed by atoms with Gasteiger partial charge in [-0.3, -0.25) is 0 Å². The Morgan fingerprint density at radius 1 is 1.33 bits per heavy atom. The number of rotatable bonds is 4. The molecule has 1 aromatic carbocycles. The maximum Gasteiger partial charge on any atom is 0.122 e. The van der Waals surface area contributed by atoms with Gasteiger partial charge in [-0.1, -0.05) is 30.4 Å². The summed E-state index contributed by atoms with van der Waals surface area (Å²) in [4.78, 5) is 0. The van der Waals surface area contributed by atoms with Crippen LogP contribution in [0.2, 0.25) is 0 Å². The molecule has 0 heterocycles. The highest BCUT2D eigenvalue weighted by molar-refractivity contribution is 5.85. The molecule has 0 bridgehead atoms. The molecule has 4 heteroatoms. The predicted molar refractivity (Wildman–Crippen MR) is 64.1 cm³/mol. The predicted octanol–water partition coefficient (Wildman–Crippen LogP) is 1.54. The van der Waals surface area contributed by atoms with Crippen LogP contribution in [-0.2, 0) is 0 Å². The van der Waals surface area contributed by atoms with Gasteiger partial charge < -0.3 is 15.9 Å². The third-order valence-electron chi connectivity index (χ3n) is 1.91. The first-order chi connectivity index (χ1) is 6.74. The average molecular weight is 230 g/mol. The summed E-state index contributed by atoms with van der Waals surface area (Å²) < 4.78 is 0. The lowest BCUT2D eigenvalue weighted by Crippen LogP contribution is -2.22. The molecule has 1 atom stereocenters. The number of aliphatic hydroxyl groups excluding tert-OH is 1. The van der Waals surface area contributed by atoms with Crippen molar-refractivity contribution in [2.24, 2.45) is 5.73 Å². The number of hydrogen-bond donors (Lipinski definition) is 3. The van der Waals surface area contributed by atoms with Crippen LogP contribution in [0, 0.1) is 0 Å². The zero-order chi connectivity index (χ0) is 10.4. The Kier molecular flexibility index (Phi) is 6.79. The van der Waals surface area contributed by atoms with Crippen molar-refractivity contribution in [3.05, 3.63) is 35.9 Å². The maximum atomic E-state index is 9.40. The molecule has 0 spiro atoms. The number of para-hydroxylation sites is 1.